The van der Waals surface area contributed by atoms with Gasteiger partial charge in [-0.3, -0.25) is 0 Å². The molecule has 0 spiro atoms. The van der Waals surface area contributed by atoms with Gasteiger partial charge < -0.3 is 20.1 Å². The Morgan fingerprint density at radius 2 is 2.05 bits per heavy atom. The van der Waals surface area contributed by atoms with Crippen molar-refractivity contribution < 1.29 is 19.4 Å². The van der Waals surface area contributed by atoms with E-state index in [2.05, 4.69) is 21.2 Å². The number of halogens is 1. The Hall–Kier alpha value is -1.76. The normalized spacial score (nSPS) is 10.9. The van der Waals surface area contributed by atoms with E-state index in [4.69, 9.17) is 4.74 Å². The van der Waals surface area contributed by atoms with Gasteiger partial charge in [-0.15, -0.1) is 0 Å². The highest BCUT2D eigenvalue weighted by molar-refractivity contribution is 9.10. The number of hydrogen-bond acceptors (Lipinski definition) is 3. The number of carbonyl (C=O) groups excluding carboxylic acids is 1. The van der Waals surface area contributed by atoms with Crippen LogP contribution in [0.2, 0.25) is 0 Å². The van der Waals surface area contributed by atoms with Gasteiger partial charge in [-0.1, -0.05) is 0 Å². The Morgan fingerprint density at radius 1 is 1.43 bits per heavy atom. The molecule has 0 radical (unpaired) electrons. The lowest BCUT2D eigenvalue weighted by atomic mass is 10.0. The molecule has 0 fully saturated rings. The fourth-order valence-corrected chi connectivity index (χ4v) is 2.38. The summed E-state index contributed by atoms with van der Waals surface area (Å²) in [4.78, 5) is 24.8. The molecular weight excluding hydrogens is 340 g/mol. The van der Waals surface area contributed by atoms with Crippen LogP contribution in [0.25, 0.3) is 0 Å². The quantitative estimate of drug-likeness (QED) is 0.846. The maximum Gasteiger partial charge on any atom is 0.329 e. The van der Waals surface area contributed by atoms with Crippen molar-refractivity contribution in [3.05, 3.63) is 22.7 Å². The zero-order valence-electron chi connectivity index (χ0n) is 12.4. The predicted molar refractivity (Wildman–Crippen MR) is 83.8 cm³/mol. The fourth-order valence-electron chi connectivity index (χ4n) is 1.84. The second-order valence-electron chi connectivity index (χ2n) is 4.89. The van der Waals surface area contributed by atoms with E-state index in [0.717, 1.165) is 0 Å². The molecule has 2 amide bonds. The second kappa shape index (κ2) is 6.80. The smallest absolute Gasteiger partial charge is 0.329 e. The topological polar surface area (TPSA) is 78.9 Å². The van der Waals surface area contributed by atoms with Crippen LogP contribution in [0, 0.1) is 0 Å². The molecule has 0 aliphatic heterocycles. The van der Waals surface area contributed by atoms with Gasteiger partial charge in [-0.2, -0.15) is 0 Å². The van der Waals surface area contributed by atoms with Crippen molar-refractivity contribution in [2.75, 3.05) is 19.0 Å². The third kappa shape index (κ3) is 3.87. The summed E-state index contributed by atoms with van der Waals surface area (Å²) in [7, 11) is 1.55. The lowest BCUT2D eigenvalue weighted by Crippen LogP contribution is -2.54. The van der Waals surface area contributed by atoms with Crippen molar-refractivity contribution in [1.82, 2.24) is 4.90 Å². The van der Waals surface area contributed by atoms with Crippen LogP contribution in [-0.2, 0) is 4.79 Å². The first-order chi connectivity index (χ1) is 9.73. The standard InChI is InChI=1S/C14H19BrN2O4/c1-5-17(14(2,3)12(18)19)13(20)16-9-6-7-11(21-4)10(15)8-9/h6-8H,5H2,1-4H3,(H,16,20)(H,18,19). The average Bonchev–Trinajstić information content (AvgIpc) is 2.39. The second-order valence-corrected chi connectivity index (χ2v) is 5.74. The Labute approximate surface area is 132 Å². The molecule has 1 aromatic rings. The maximum atomic E-state index is 12.3. The molecule has 0 aliphatic carbocycles. The van der Waals surface area contributed by atoms with Crippen molar-refractivity contribution >= 4 is 33.6 Å². The number of hydrogen-bond donors (Lipinski definition) is 2. The van der Waals surface area contributed by atoms with E-state index in [0.29, 0.717) is 15.9 Å². The molecule has 0 saturated heterocycles. The van der Waals surface area contributed by atoms with Crippen LogP contribution in [0.1, 0.15) is 20.8 Å². The number of carbonyl (C=O) groups is 2. The number of nitrogens with zero attached hydrogens (tertiary/aromatic N) is 1. The maximum absolute atomic E-state index is 12.3. The Bertz CT molecular complexity index is 546. The lowest BCUT2D eigenvalue weighted by molar-refractivity contribution is -0.147. The van der Waals surface area contributed by atoms with Crippen LogP contribution >= 0.6 is 15.9 Å². The van der Waals surface area contributed by atoms with Gasteiger partial charge in [0.15, 0.2) is 0 Å². The number of methoxy groups -OCH3 is 1. The molecule has 1 rings (SSSR count). The Balaban J connectivity index is 2.93. The summed E-state index contributed by atoms with van der Waals surface area (Å²) in [5, 5.41) is 11.9. The molecule has 0 heterocycles. The first kappa shape index (κ1) is 17.3. The first-order valence-electron chi connectivity index (χ1n) is 6.39. The van der Waals surface area contributed by atoms with Crippen LogP contribution in [0.5, 0.6) is 5.75 Å². The number of rotatable bonds is 5. The fraction of sp³-hybridized carbons (Fsp3) is 0.429. The van der Waals surface area contributed by atoms with E-state index in [1.54, 1.807) is 32.2 Å². The largest absolute Gasteiger partial charge is 0.496 e. The van der Waals surface area contributed by atoms with E-state index >= 15 is 0 Å². The minimum absolute atomic E-state index is 0.280. The van der Waals surface area contributed by atoms with E-state index in [1.807, 2.05) is 0 Å². The summed E-state index contributed by atoms with van der Waals surface area (Å²) >= 11 is 3.33. The molecule has 116 valence electrons. The van der Waals surface area contributed by atoms with Gasteiger partial charge in [-0.25, -0.2) is 9.59 Å². The van der Waals surface area contributed by atoms with Crippen LogP contribution in [-0.4, -0.2) is 41.2 Å². The molecule has 6 nitrogen and oxygen atoms in total. The highest BCUT2D eigenvalue weighted by Crippen LogP contribution is 2.28. The predicted octanol–water partition coefficient (Wildman–Crippen LogP) is 3.17. The SMILES string of the molecule is CCN(C(=O)Nc1ccc(OC)c(Br)c1)C(C)(C)C(=O)O. The molecule has 1 aromatic carbocycles. The number of likely N-dealkylation sites (N-methyl/N-ethyl adjacent to an activating group) is 1. The molecule has 21 heavy (non-hydrogen) atoms. The summed E-state index contributed by atoms with van der Waals surface area (Å²) in [5.41, 5.74) is -0.741. The van der Waals surface area contributed by atoms with Gasteiger partial charge >= 0.3 is 12.0 Å². The summed E-state index contributed by atoms with van der Waals surface area (Å²) in [6.07, 6.45) is 0. The number of amides is 2. The number of aliphatic carboxylic acids is 1. The summed E-state index contributed by atoms with van der Waals surface area (Å²) < 4.78 is 5.81. The third-order valence-electron chi connectivity index (χ3n) is 3.16. The monoisotopic (exact) mass is 358 g/mol. The average molecular weight is 359 g/mol. The number of benzene rings is 1. The minimum atomic E-state index is -1.29. The Kier molecular flexibility index (Phi) is 5.60. The zero-order valence-corrected chi connectivity index (χ0v) is 14.0. The van der Waals surface area contributed by atoms with Crippen molar-refractivity contribution in [2.24, 2.45) is 0 Å². The van der Waals surface area contributed by atoms with E-state index in [-0.39, 0.29) is 6.54 Å². The van der Waals surface area contributed by atoms with Gasteiger partial charge in [0.2, 0.25) is 0 Å². The molecular formula is C14H19BrN2O4. The molecule has 0 aliphatic rings. The van der Waals surface area contributed by atoms with E-state index in [1.165, 1.54) is 18.7 Å². The number of carboxylic acid groups (broad SMARTS) is 1. The summed E-state index contributed by atoms with van der Waals surface area (Å²) in [6, 6.07) is 4.61. The van der Waals surface area contributed by atoms with Gasteiger partial charge in [0, 0.05) is 12.2 Å². The number of nitrogens with one attached hydrogen (secondary N) is 1. The number of anilines is 1. The van der Waals surface area contributed by atoms with Gasteiger partial charge in [0.25, 0.3) is 0 Å². The Morgan fingerprint density at radius 3 is 2.48 bits per heavy atom. The van der Waals surface area contributed by atoms with E-state index < -0.39 is 17.5 Å². The lowest BCUT2D eigenvalue weighted by Gasteiger charge is -2.34. The van der Waals surface area contributed by atoms with Gasteiger partial charge in [0.1, 0.15) is 11.3 Å². The summed E-state index contributed by atoms with van der Waals surface area (Å²) in [6.45, 7) is 4.99. The highest BCUT2D eigenvalue weighted by Gasteiger charge is 2.36. The molecule has 0 bridgehead atoms. The minimum Gasteiger partial charge on any atom is -0.496 e. The zero-order chi connectivity index (χ0) is 16.2. The molecule has 0 saturated carbocycles. The van der Waals surface area contributed by atoms with Crippen LogP contribution in [0.15, 0.2) is 22.7 Å². The molecule has 7 heteroatoms. The molecule has 0 atom stereocenters. The molecule has 0 aromatic heterocycles. The third-order valence-corrected chi connectivity index (χ3v) is 3.78. The number of urea groups is 1. The van der Waals surface area contributed by atoms with Crippen LogP contribution < -0.4 is 10.1 Å². The number of ether oxygens (including phenoxy) is 1. The highest BCUT2D eigenvalue weighted by atomic mass is 79.9. The van der Waals surface area contributed by atoms with Gasteiger partial charge in [0.05, 0.1) is 11.6 Å². The van der Waals surface area contributed by atoms with Crippen molar-refractivity contribution in [2.45, 2.75) is 26.3 Å². The first-order valence-corrected chi connectivity index (χ1v) is 7.18. The van der Waals surface area contributed by atoms with Crippen molar-refractivity contribution in [1.29, 1.82) is 0 Å². The summed E-state index contributed by atoms with van der Waals surface area (Å²) in [5.74, 6) is -0.415. The van der Waals surface area contributed by atoms with Crippen LogP contribution in [0.4, 0.5) is 10.5 Å². The van der Waals surface area contributed by atoms with Gasteiger partial charge in [-0.05, 0) is 54.9 Å². The molecule has 2 N–H and O–H groups in total. The van der Waals surface area contributed by atoms with E-state index in [9.17, 15) is 14.7 Å². The van der Waals surface area contributed by atoms with Crippen molar-refractivity contribution in [3.8, 4) is 5.75 Å². The number of carboxylic acids is 1. The van der Waals surface area contributed by atoms with Crippen molar-refractivity contribution in [3.63, 3.8) is 0 Å². The molecule has 0 unspecified atom stereocenters. The van der Waals surface area contributed by atoms with Crippen LogP contribution in [0.3, 0.4) is 0 Å².